The molecule has 0 spiro atoms. The van der Waals surface area contributed by atoms with E-state index in [-0.39, 0.29) is 6.61 Å². The maximum atomic E-state index is 13.5. The lowest BCUT2D eigenvalue weighted by molar-refractivity contribution is -0.227. The van der Waals surface area contributed by atoms with Crippen molar-refractivity contribution >= 4 is 0 Å². The molecule has 0 aliphatic carbocycles. The molecule has 22 heavy (non-hydrogen) atoms. The predicted molar refractivity (Wildman–Crippen MR) is 85.6 cm³/mol. The Balaban J connectivity index is 1.93. The first-order chi connectivity index (χ1) is 10.8. The molecule has 0 saturated heterocycles. The largest absolute Gasteiger partial charge is 0.335 e. The van der Waals surface area contributed by atoms with E-state index in [1.165, 1.54) is 0 Å². The van der Waals surface area contributed by atoms with Crippen molar-refractivity contribution in [3.63, 3.8) is 0 Å². The predicted octanol–water partition coefficient (Wildman–Crippen LogP) is 4.54. The number of hydrogen-bond donors (Lipinski definition) is 0. The van der Waals surface area contributed by atoms with E-state index in [4.69, 9.17) is 4.74 Å². The van der Waals surface area contributed by atoms with E-state index >= 15 is 0 Å². The van der Waals surface area contributed by atoms with E-state index in [2.05, 4.69) is 0 Å². The molecular weight excluding hydrogens is 272 g/mol. The van der Waals surface area contributed by atoms with Gasteiger partial charge in [0.05, 0.1) is 6.61 Å². The van der Waals surface area contributed by atoms with Gasteiger partial charge < -0.3 is 4.74 Å². The highest BCUT2D eigenvalue weighted by molar-refractivity contribution is 5.33. The highest BCUT2D eigenvalue weighted by Crippen LogP contribution is 2.32. The molecule has 0 saturated carbocycles. The third-order valence-corrected chi connectivity index (χ3v) is 3.59. The van der Waals surface area contributed by atoms with Gasteiger partial charge in [-0.3, -0.25) is 0 Å². The van der Waals surface area contributed by atoms with Crippen LogP contribution in [0.25, 0.3) is 0 Å². The normalized spacial score (nSPS) is 11.3. The van der Waals surface area contributed by atoms with Gasteiger partial charge in [-0.25, -0.2) is 0 Å². The SMILES string of the molecule is [O]C(OCc1ccccc1)(c1ccccc1)c1ccccc1. The van der Waals surface area contributed by atoms with E-state index in [0.29, 0.717) is 11.1 Å². The summed E-state index contributed by atoms with van der Waals surface area (Å²) < 4.78 is 5.83. The summed E-state index contributed by atoms with van der Waals surface area (Å²) in [6.07, 6.45) is 0. The molecule has 2 heteroatoms. The van der Waals surface area contributed by atoms with Crippen LogP contribution < -0.4 is 0 Å². The Hall–Kier alpha value is -2.42. The zero-order valence-corrected chi connectivity index (χ0v) is 12.2. The molecule has 0 amide bonds. The average molecular weight is 289 g/mol. The standard InChI is InChI=1S/C20H17O2/c21-20(18-12-6-2-7-13-18,19-14-8-3-9-15-19)22-16-17-10-4-1-5-11-17/h1-15H,16H2. The monoisotopic (exact) mass is 289 g/mol. The van der Waals surface area contributed by atoms with Gasteiger partial charge in [0.25, 0.3) is 5.79 Å². The van der Waals surface area contributed by atoms with Gasteiger partial charge in [0, 0.05) is 11.1 Å². The zero-order chi connectivity index (χ0) is 15.3. The third-order valence-electron chi connectivity index (χ3n) is 3.59. The number of benzene rings is 3. The molecule has 2 nitrogen and oxygen atoms in total. The highest BCUT2D eigenvalue weighted by Gasteiger charge is 2.34. The Morgan fingerprint density at radius 1 is 0.636 bits per heavy atom. The first-order valence-corrected chi connectivity index (χ1v) is 7.28. The lowest BCUT2D eigenvalue weighted by Crippen LogP contribution is -2.29. The van der Waals surface area contributed by atoms with Crippen LogP contribution >= 0.6 is 0 Å². The van der Waals surface area contributed by atoms with Crippen LogP contribution in [0.4, 0.5) is 0 Å². The summed E-state index contributed by atoms with van der Waals surface area (Å²) in [7, 11) is 0. The Morgan fingerprint density at radius 3 is 1.50 bits per heavy atom. The smallest absolute Gasteiger partial charge is 0.254 e. The molecule has 0 fully saturated rings. The number of ether oxygens (including phenoxy) is 1. The molecule has 0 unspecified atom stereocenters. The van der Waals surface area contributed by atoms with Gasteiger partial charge in [-0.1, -0.05) is 91.0 Å². The summed E-state index contributed by atoms with van der Waals surface area (Å²) in [5.41, 5.74) is 2.20. The first-order valence-electron chi connectivity index (χ1n) is 7.28. The van der Waals surface area contributed by atoms with E-state index in [1.54, 1.807) is 0 Å². The Labute approximate surface area is 130 Å². The third kappa shape index (κ3) is 3.08. The lowest BCUT2D eigenvalue weighted by Gasteiger charge is -2.27. The van der Waals surface area contributed by atoms with Crippen molar-refractivity contribution in [2.45, 2.75) is 12.4 Å². The molecule has 0 bridgehead atoms. The fourth-order valence-corrected chi connectivity index (χ4v) is 2.41. The van der Waals surface area contributed by atoms with Crippen LogP contribution in [0.3, 0.4) is 0 Å². The summed E-state index contributed by atoms with van der Waals surface area (Å²) in [6, 6.07) is 28.2. The van der Waals surface area contributed by atoms with Crippen LogP contribution in [0, 0.1) is 0 Å². The van der Waals surface area contributed by atoms with Crippen LogP contribution in [0.1, 0.15) is 16.7 Å². The summed E-state index contributed by atoms with van der Waals surface area (Å²) in [5.74, 6) is -1.71. The molecule has 0 atom stereocenters. The minimum absolute atomic E-state index is 0.272. The maximum Gasteiger partial charge on any atom is 0.254 e. The van der Waals surface area contributed by atoms with Crippen LogP contribution in [-0.2, 0) is 22.2 Å². The number of rotatable bonds is 5. The highest BCUT2D eigenvalue weighted by atomic mass is 16.6. The second-order valence-corrected chi connectivity index (χ2v) is 5.12. The van der Waals surface area contributed by atoms with Gasteiger partial charge >= 0.3 is 0 Å². The summed E-state index contributed by atoms with van der Waals surface area (Å²) in [5, 5.41) is 13.5. The lowest BCUT2D eigenvalue weighted by atomic mass is 9.97. The van der Waals surface area contributed by atoms with Crippen molar-refractivity contribution in [2.75, 3.05) is 0 Å². The molecule has 3 aromatic carbocycles. The van der Waals surface area contributed by atoms with Gasteiger partial charge in [-0.15, -0.1) is 0 Å². The molecule has 0 N–H and O–H groups in total. The summed E-state index contributed by atoms with van der Waals surface area (Å²) in [4.78, 5) is 0. The fourth-order valence-electron chi connectivity index (χ4n) is 2.41. The molecule has 0 aromatic heterocycles. The van der Waals surface area contributed by atoms with Crippen molar-refractivity contribution in [1.82, 2.24) is 0 Å². The van der Waals surface area contributed by atoms with E-state index in [9.17, 15) is 5.11 Å². The molecule has 109 valence electrons. The quantitative estimate of drug-likeness (QED) is 0.634. The van der Waals surface area contributed by atoms with Crippen LogP contribution in [-0.4, -0.2) is 0 Å². The van der Waals surface area contributed by atoms with Crippen LogP contribution in [0.5, 0.6) is 0 Å². The van der Waals surface area contributed by atoms with Gasteiger partial charge in [-0.2, -0.15) is 5.11 Å². The maximum absolute atomic E-state index is 13.5. The molecule has 3 aromatic rings. The van der Waals surface area contributed by atoms with Crippen molar-refractivity contribution < 1.29 is 9.84 Å². The minimum atomic E-state index is -1.71. The molecule has 0 aliphatic rings. The van der Waals surface area contributed by atoms with Gasteiger partial charge in [0.1, 0.15) is 0 Å². The van der Waals surface area contributed by atoms with Gasteiger partial charge in [-0.05, 0) is 5.56 Å². The molecule has 1 radical (unpaired) electrons. The van der Waals surface area contributed by atoms with E-state index in [0.717, 1.165) is 5.56 Å². The Bertz CT molecular complexity index is 654. The van der Waals surface area contributed by atoms with E-state index in [1.807, 2.05) is 91.0 Å². The number of hydrogen-bond acceptors (Lipinski definition) is 1. The Kier molecular flexibility index (Phi) is 4.33. The molecular formula is C20H17O2. The van der Waals surface area contributed by atoms with Crippen LogP contribution in [0.2, 0.25) is 0 Å². The zero-order valence-electron chi connectivity index (χ0n) is 12.2. The van der Waals surface area contributed by atoms with Crippen molar-refractivity contribution in [3.05, 3.63) is 108 Å². The minimum Gasteiger partial charge on any atom is -0.335 e. The van der Waals surface area contributed by atoms with Crippen LogP contribution in [0.15, 0.2) is 91.0 Å². The van der Waals surface area contributed by atoms with Gasteiger partial charge in [0.2, 0.25) is 0 Å². The molecule has 0 aliphatic heterocycles. The van der Waals surface area contributed by atoms with E-state index < -0.39 is 5.79 Å². The molecule has 0 heterocycles. The topological polar surface area (TPSA) is 29.1 Å². The average Bonchev–Trinajstić information content (AvgIpc) is 2.62. The summed E-state index contributed by atoms with van der Waals surface area (Å²) in [6.45, 7) is 0.272. The Morgan fingerprint density at radius 2 is 1.05 bits per heavy atom. The van der Waals surface area contributed by atoms with Gasteiger partial charge in [0.15, 0.2) is 0 Å². The molecule has 3 rings (SSSR count). The van der Waals surface area contributed by atoms with Crippen molar-refractivity contribution in [3.8, 4) is 0 Å². The first kappa shape index (κ1) is 14.5. The second kappa shape index (κ2) is 6.56. The van der Waals surface area contributed by atoms with Crippen molar-refractivity contribution in [1.29, 1.82) is 0 Å². The van der Waals surface area contributed by atoms with Crippen molar-refractivity contribution in [2.24, 2.45) is 0 Å². The summed E-state index contributed by atoms with van der Waals surface area (Å²) >= 11 is 0. The second-order valence-electron chi connectivity index (χ2n) is 5.12. The fraction of sp³-hybridized carbons (Fsp3) is 0.100.